The van der Waals surface area contributed by atoms with Crippen molar-refractivity contribution in [3.63, 3.8) is 0 Å². The van der Waals surface area contributed by atoms with Crippen molar-refractivity contribution in [1.82, 2.24) is 14.5 Å². The van der Waals surface area contributed by atoms with Crippen molar-refractivity contribution in [2.24, 2.45) is 7.05 Å². The number of hydrogen-bond donors (Lipinski definition) is 2. The fourth-order valence-corrected chi connectivity index (χ4v) is 3.21. The van der Waals surface area contributed by atoms with Crippen LogP contribution in [0.25, 0.3) is 0 Å². The van der Waals surface area contributed by atoms with E-state index in [0.29, 0.717) is 21.8 Å². The molecule has 0 aliphatic heterocycles. The third-order valence-corrected chi connectivity index (χ3v) is 4.69. The van der Waals surface area contributed by atoms with Gasteiger partial charge in [0, 0.05) is 19.2 Å². The Hall–Kier alpha value is -1.86. The first-order valence-corrected chi connectivity index (χ1v) is 7.63. The molecule has 3 N–H and O–H groups in total. The van der Waals surface area contributed by atoms with Crippen molar-refractivity contribution >= 4 is 15.8 Å². The summed E-state index contributed by atoms with van der Waals surface area (Å²) in [4.78, 5) is 0.292. The Morgan fingerprint density at radius 3 is 2.65 bits per heavy atom. The second kappa shape index (κ2) is 5.26. The van der Waals surface area contributed by atoms with Crippen LogP contribution in [-0.2, 0) is 23.6 Å². The molecule has 2 aromatic rings. The molecule has 1 heterocycles. The first-order valence-electron chi connectivity index (χ1n) is 6.14. The number of nitrogens with one attached hydrogen (secondary N) is 1. The number of rotatable bonds is 4. The highest BCUT2D eigenvalue weighted by Crippen LogP contribution is 2.17. The number of sulfonamides is 1. The lowest BCUT2D eigenvalue weighted by Crippen LogP contribution is -2.24. The van der Waals surface area contributed by atoms with Gasteiger partial charge in [-0.15, -0.1) is 0 Å². The van der Waals surface area contributed by atoms with Crippen LogP contribution in [0, 0.1) is 13.8 Å². The van der Waals surface area contributed by atoms with Crippen LogP contribution < -0.4 is 10.5 Å². The predicted molar refractivity (Wildman–Crippen MR) is 77.6 cm³/mol. The molecule has 0 saturated carbocycles. The highest BCUT2D eigenvalue weighted by atomic mass is 32.2. The molecule has 7 heteroatoms. The molecule has 2 rings (SSSR count). The standard InChI is InChI=1S/C13H18N4O2S/c1-9-4-5-10(2)12(6-9)20(18,19)16-8-11-7-15-17(3)13(11)14/h4-7,16H,8,14H2,1-3H3. The Bertz CT molecular complexity index is 735. The first-order chi connectivity index (χ1) is 9.31. The zero-order valence-corrected chi connectivity index (χ0v) is 12.5. The number of nitrogens with zero attached hydrogens (tertiary/aromatic N) is 2. The maximum atomic E-state index is 12.3. The number of aryl methyl sites for hydroxylation is 3. The molecule has 108 valence electrons. The van der Waals surface area contributed by atoms with Crippen molar-refractivity contribution in [1.29, 1.82) is 0 Å². The molecule has 0 spiro atoms. The Kier molecular flexibility index (Phi) is 3.82. The smallest absolute Gasteiger partial charge is 0.241 e. The van der Waals surface area contributed by atoms with Gasteiger partial charge in [0.15, 0.2) is 0 Å². The van der Waals surface area contributed by atoms with Crippen molar-refractivity contribution in [3.8, 4) is 0 Å². The first kappa shape index (κ1) is 14.5. The number of nitrogen functional groups attached to an aromatic ring is 1. The molecule has 1 aromatic heterocycles. The third-order valence-electron chi connectivity index (χ3n) is 3.15. The van der Waals surface area contributed by atoms with Gasteiger partial charge in [-0.3, -0.25) is 4.68 Å². The van der Waals surface area contributed by atoms with Gasteiger partial charge in [-0.1, -0.05) is 12.1 Å². The summed E-state index contributed by atoms with van der Waals surface area (Å²) in [6.45, 7) is 3.75. The van der Waals surface area contributed by atoms with E-state index in [4.69, 9.17) is 5.73 Å². The molecule has 0 amide bonds. The second-order valence-electron chi connectivity index (χ2n) is 4.77. The minimum atomic E-state index is -3.56. The minimum absolute atomic E-state index is 0.120. The largest absolute Gasteiger partial charge is 0.384 e. The molecule has 20 heavy (non-hydrogen) atoms. The summed E-state index contributed by atoms with van der Waals surface area (Å²) in [5, 5.41) is 3.98. The number of nitrogens with two attached hydrogens (primary N) is 1. The number of hydrogen-bond acceptors (Lipinski definition) is 4. The molecule has 0 radical (unpaired) electrons. The van der Waals surface area contributed by atoms with Crippen LogP contribution in [0.1, 0.15) is 16.7 Å². The Morgan fingerprint density at radius 2 is 2.05 bits per heavy atom. The number of benzene rings is 1. The fourth-order valence-electron chi connectivity index (χ4n) is 1.88. The van der Waals surface area contributed by atoms with Crippen LogP contribution in [0.15, 0.2) is 29.3 Å². The maximum Gasteiger partial charge on any atom is 0.241 e. The van der Waals surface area contributed by atoms with E-state index < -0.39 is 10.0 Å². The van der Waals surface area contributed by atoms with Crippen LogP contribution >= 0.6 is 0 Å². The van der Waals surface area contributed by atoms with Gasteiger partial charge in [-0.25, -0.2) is 13.1 Å². The fraction of sp³-hybridized carbons (Fsp3) is 0.308. The average Bonchev–Trinajstić information content (AvgIpc) is 2.70. The SMILES string of the molecule is Cc1ccc(C)c(S(=O)(=O)NCc2cnn(C)c2N)c1. The molecule has 0 fully saturated rings. The van der Waals surface area contributed by atoms with Crippen LogP contribution in [-0.4, -0.2) is 18.2 Å². The molecular formula is C13H18N4O2S. The summed E-state index contributed by atoms with van der Waals surface area (Å²) in [7, 11) is -1.86. The predicted octanol–water partition coefficient (Wildman–Crippen LogP) is 1.10. The normalized spacial score (nSPS) is 11.8. The molecule has 0 atom stereocenters. The monoisotopic (exact) mass is 294 g/mol. The van der Waals surface area contributed by atoms with Gasteiger partial charge in [0.05, 0.1) is 11.1 Å². The van der Waals surface area contributed by atoms with E-state index in [0.717, 1.165) is 5.56 Å². The minimum Gasteiger partial charge on any atom is -0.384 e. The van der Waals surface area contributed by atoms with Crippen LogP contribution in [0.3, 0.4) is 0 Å². The van der Waals surface area contributed by atoms with Crippen molar-refractivity contribution in [2.45, 2.75) is 25.3 Å². The summed E-state index contributed by atoms with van der Waals surface area (Å²) in [6.07, 6.45) is 1.56. The second-order valence-corrected chi connectivity index (χ2v) is 6.51. The molecule has 6 nitrogen and oxygen atoms in total. The summed E-state index contributed by atoms with van der Waals surface area (Å²) in [5.74, 6) is 0.452. The van der Waals surface area contributed by atoms with Crippen LogP contribution in [0.2, 0.25) is 0 Å². The highest BCUT2D eigenvalue weighted by Gasteiger charge is 2.17. The van der Waals surface area contributed by atoms with Gasteiger partial charge in [-0.2, -0.15) is 5.10 Å². The van der Waals surface area contributed by atoms with Gasteiger partial charge in [0.25, 0.3) is 0 Å². The third kappa shape index (κ3) is 2.83. The number of anilines is 1. The zero-order valence-electron chi connectivity index (χ0n) is 11.7. The van der Waals surface area contributed by atoms with Gasteiger partial charge >= 0.3 is 0 Å². The molecule has 0 saturated heterocycles. The lowest BCUT2D eigenvalue weighted by Gasteiger charge is -2.10. The van der Waals surface area contributed by atoms with Gasteiger partial charge in [0.1, 0.15) is 5.82 Å². The quantitative estimate of drug-likeness (QED) is 0.883. The zero-order chi connectivity index (χ0) is 14.9. The van der Waals surface area contributed by atoms with Crippen molar-refractivity contribution in [2.75, 3.05) is 5.73 Å². The van der Waals surface area contributed by atoms with Gasteiger partial charge in [0.2, 0.25) is 10.0 Å². The molecular weight excluding hydrogens is 276 g/mol. The maximum absolute atomic E-state index is 12.3. The molecule has 0 bridgehead atoms. The average molecular weight is 294 g/mol. The van der Waals surface area contributed by atoms with E-state index in [-0.39, 0.29) is 6.54 Å². The van der Waals surface area contributed by atoms with E-state index >= 15 is 0 Å². The summed E-state index contributed by atoms with van der Waals surface area (Å²) in [5.41, 5.74) is 8.05. The Morgan fingerprint density at radius 1 is 1.35 bits per heavy atom. The highest BCUT2D eigenvalue weighted by molar-refractivity contribution is 7.89. The molecule has 1 aromatic carbocycles. The van der Waals surface area contributed by atoms with E-state index in [9.17, 15) is 8.42 Å². The summed E-state index contributed by atoms with van der Waals surface area (Å²) in [6, 6.07) is 5.33. The van der Waals surface area contributed by atoms with E-state index in [1.807, 2.05) is 13.0 Å². The Labute approximate surface area is 118 Å². The topological polar surface area (TPSA) is 90.0 Å². The van der Waals surface area contributed by atoms with E-state index in [2.05, 4.69) is 9.82 Å². The Balaban J connectivity index is 2.24. The summed E-state index contributed by atoms with van der Waals surface area (Å²) >= 11 is 0. The summed E-state index contributed by atoms with van der Waals surface area (Å²) < 4.78 is 28.7. The van der Waals surface area contributed by atoms with Crippen LogP contribution in [0.4, 0.5) is 5.82 Å². The van der Waals surface area contributed by atoms with Gasteiger partial charge < -0.3 is 5.73 Å². The van der Waals surface area contributed by atoms with E-state index in [1.54, 1.807) is 32.3 Å². The number of aromatic nitrogens is 2. The van der Waals surface area contributed by atoms with Crippen molar-refractivity contribution in [3.05, 3.63) is 41.1 Å². The lowest BCUT2D eigenvalue weighted by molar-refractivity contribution is 0.580. The van der Waals surface area contributed by atoms with Gasteiger partial charge in [-0.05, 0) is 31.0 Å². The van der Waals surface area contributed by atoms with Crippen LogP contribution in [0.5, 0.6) is 0 Å². The molecule has 0 aliphatic carbocycles. The van der Waals surface area contributed by atoms with Crippen molar-refractivity contribution < 1.29 is 8.42 Å². The molecule has 0 unspecified atom stereocenters. The molecule has 0 aliphatic rings. The van der Waals surface area contributed by atoms with E-state index in [1.165, 1.54) is 4.68 Å². The lowest BCUT2D eigenvalue weighted by atomic mass is 10.2.